The van der Waals surface area contributed by atoms with Crippen LogP contribution in [0.3, 0.4) is 0 Å². The Kier molecular flexibility index (Phi) is 3.58. The third-order valence-electron chi connectivity index (χ3n) is 3.65. The van der Waals surface area contributed by atoms with Crippen molar-refractivity contribution in [2.24, 2.45) is 0 Å². The van der Waals surface area contributed by atoms with Gasteiger partial charge in [-0.15, -0.1) is 16.8 Å². The van der Waals surface area contributed by atoms with Gasteiger partial charge in [0.05, 0.1) is 12.7 Å². The number of hydrogen-bond donors (Lipinski definition) is 0. The van der Waals surface area contributed by atoms with E-state index in [9.17, 15) is 0 Å². The summed E-state index contributed by atoms with van der Waals surface area (Å²) in [4.78, 5) is 4.88. The van der Waals surface area contributed by atoms with Gasteiger partial charge in [0.15, 0.2) is 0 Å². The quantitative estimate of drug-likeness (QED) is 0.761. The predicted octanol–water partition coefficient (Wildman–Crippen LogP) is 1.00. The summed E-state index contributed by atoms with van der Waals surface area (Å²) >= 11 is 1.62. The standard InChI is InChI=1S/C12H18N4OS/c1-2-5-17-11-6-10-7-16(4-3-15(10)8-11)12-14-13-9-18-12/h2,9-11H,1,3-8H2/t10-,11+/m0/s1. The minimum absolute atomic E-state index is 0.363. The van der Waals surface area contributed by atoms with Crippen molar-refractivity contribution in [2.75, 3.05) is 37.7 Å². The van der Waals surface area contributed by atoms with Crippen LogP contribution < -0.4 is 4.90 Å². The SMILES string of the molecule is C=CCO[C@@H]1C[C@H]2CN(c3nncs3)CCN2C1. The van der Waals surface area contributed by atoms with Crippen LogP contribution in [0.1, 0.15) is 6.42 Å². The van der Waals surface area contributed by atoms with Gasteiger partial charge in [-0.3, -0.25) is 4.90 Å². The van der Waals surface area contributed by atoms with Gasteiger partial charge >= 0.3 is 0 Å². The Balaban J connectivity index is 1.58. The maximum absolute atomic E-state index is 5.77. The molecule has 3 rings (SSSR count). The molecule has 6 heteroatoms. The third-order valence-corrected chi connectivity index (χ3v) is 4.40. The van der Waals surface area contributed by atoms with Crippen LogP contribution >= 0.6 is 11.3 Å². The van der Waals surface area contributed by atoms with Gasteiger partial charge < -0.3 is 9.64 Å². The highest BCUT2D eigenvalue weighted by Crippen LogP contribution is 2.27. The lowest BCUT2D eigenvalue weighted by Gasteiger charge is -2.36. The number of aromatic nitrogens is 2. The first-order valence-corrected chi connectivity index (χ1v) is 7.22. The molecule has 0 bridgehead atoms. The molecule has 2 fully saturated rings. The Labute approximate surface area is 111 Å². The average molecular weight is 266 g/mol. The van der Waals surface area contributed by atoms with E-state index in [-0.39, 0.29) is 0 Å². The van der Waals surface area contributed by atoms with E-state index in [0.717, 1.165) is 37.7 Å². The second kappa shape index (κ2) is 5.34. The van der Waals surface area contributed by atoms with Crippen LogP contribution in [0.25, 0.3) is 0 Å². The molecule has 0 aromatic carbocycles. The van der Waals surface area contributed by atoms with Crippen LogP contribution in [-0.4, -0.2) is 60.0 Å². The monoisotopic (exact) mass is 266 g/mol. The average Bonchev–Trinajstić information content (AvgIpc) is 3.03. The van der Waals surface area contributed by atoms with Gasteiger partial charge in [-0.25, -0.2) is 0 Å². The number of piperazine rings is 1. The summed E-state index contributed by atoms with van der Waals surface area (Å²) in [7, 11) is 0. The molecule has 0 aliphatic carbocycles. The van der Waals surface area contributed by atoms with Crippen molar-refractivity contribution in [3.8, 4) is 0 Å². The number of nitrogens with zero attached hydrogens (tertiary/aromatic N) is 4. The van der Waals surface area contributed by atoms with E-state index >= 15 is 0 Å². The molecule has 0 radical (unpaired) electrons. The van der Waals surface area contributed by atoms with Crippen LogP contribution in [0.15, 0.2) is 18.2 Å². The van der Waals surface area contributed by atoms with Gasteiger partial charge in [0.25, 0.3) is 0 Å². The highest BCUT2D eigenvalue weighted by molar-refractivity contribution is 7.13. The summed E-state index contributed by atoms with van der Waals surface area (Å²) in [5.74, 6) is 0. The maximum atomic E-state index is 5.77. The van der Waals surface area contributed by atoms with Crippen molar-refractivity contribution in [2.45, 2.75) is 18.6 Å². The minimum Gasteiger partial charge on any atom is -0.373 e. The van der Waals surface area contributed by atoms with Gasteiger partial charge in [0, 0.05) is 32.2 Å². The summed E-state index contributed by atoms with van der Waals surface area (Å²) < 4.78 is 5.77. The number of ether oxygens (including phenoxy) is 1. The Morgan fingerprint density at radius 2 is 2.44 bits per heavy atom. The molecule has 2 aliphatic rings. The van der Waals surface area contributed by atoms with Crippen LogP contribution in [0.2, 0.25) is 0 Å². The Morgan fingerprint density at radius 1 is 1.50 bits per heavy atom. The molecule has 98 valence electrons. The molecule has 0 saturated carbocycles. The van der Waals surface area contributed by atoms with Crippen molar-refractivity contribution < 1.29 is 4.74 Å². The first kappa shape index (κ1) is 12.1. The predicted molar refractivity (Wildman–Crippen MR) is 72.0 cm³/mol. The second-order valence-corrected chi connectivity index (χ2v) is 5.61. The van der Waals surface area contributed by atoms with Crippen molar-refractivity contribution in [3.63, 3.8) is 0 Å². The number of hydrogen-bond acceptors (Lipinski definition) is 6. The van der Waals surface area contributed by atoms with E-state index in [4.69, 9.17) is 4.74 Å². The molecular weight excluding hydrogens is 248 g/mol. The fourth-order valence-electron chi connectivity index (χ4n) is 2.80. The Hall–Kier alpha value is -0.980. The Morgan fingerprint density at radius 3 is 3.22 bits per heavy atom. The van der Waals surface area contributed by atoms with E-state index in [1.54, 1.807) is 16.8 Å². The zero-order valence-electron chi connectivity index (χ0n) is 10.4. The van der Waals surface area contributed by atoms with E-state index in [0.29, 0.717) is 18.8 Å². The van der Waals surface area contributed by atoms with E-state index < -0.39 is 0 Å². The molecular formula is C12H18N4OS. The normalized spacial score (nSPS) is 28.3. The lowest BCUT2D eigenvalue weighted by molar-refractivity contribution is 0.0805. The smallest absolute Gasteiger partial charge is 0.208 e. The molecule has 1 aromatic rings. The summed E-state index contributed by atoms with van der Waals surface area (Å²) in [5, 5.41) is 9.12. The first-order chi connectivity index (χ1) is 8.86. The van der Waals surface area contributed by atoms with Crippen molar-refractivity contribution in [1.29, 1.82) is 0 Å². The third kappa shape index (κ3) is 2.41. The molecule has 0 amide bonds. The van der Waals surface area contributed by atoms with Crippen molar-refractivity contribution in [3.05, 3.63) is 18.2 Å². The van der Waals surface area contributed by atoms with Crippen molar-refractivity contribution >= 4 is 16.5 Å². The molecule has 0 unspecified atom stereocenters. The molecule has 2 saturated heterocycles. The van der Waals surface area contributed by atoms with E-state index in [2.05, 4.69) is 26.6 Å². The molecule has 5 nitrogen and oxygen atoms in total. The summed E-state index contributed by atoms with van der Waals surface area (Å²) in [6.07, 6.45) is 3.30. The van der Waals surface area contributed by atoms with Gasteiger partial charge in [0.1, 0.15) is 5.51 Å². The molecule has 2 aliphatic heterocycles. The molecule has 1 aromatic heterocycles. The highest BCUT2D eigenvalue weighted by atomic mass is 32.1. The Bertz CT molecular complexity index is 397. The summed E-state index contributed by atoms with van der Waals surface area (Å²) in [6, 6.07) is 0.595. The van der Waals surface area contributed by atoms with Crippen LogP contribution in [0.4, 0.5) is 5.13 Å². The molecule has 3 heterocycles. The summed E-state index contributed by atoms with van der Waals surface area (Å²) in [5.41, 5.74) is 1.80. The van der Waals surface area contributed by atoms with Crippen LogP contribution in [0, 0.1) is 0 Å². The topological polar surface area (TPSA) is 41.5 Å². The zero-order valence-corrected chi connectivity index (χ0v) is 11.2. The second-order valence-electron chi connectivity index (χ2n) is 4.80. The van der Waals surface area contributed by atoms with Gasteiger partial charge in [-0.1, -0.05) is 17.4 Å². The summed E-state index contributed by atoms with van der Waals surface area (Å²) in [6.45, 7) is 8.60. The van der Waals surface area contributed by atoms with Gasteiger partial charge in [-0.2, -0.15) is 0 Å². The molecule has 0 spiro atoms. The fourth-order valence-corrected chi connectivity index (χ4v) is 3.40. The van der Waals surface area contributed by atoms with E-state index in [1.807, 2.05) is 6.08 Å². The van der Waals surface area contributed by atoms with Gasteiger partial charge in [0.2, 0.25) is 5.13 Å². The van der Waals surface area contributed by atoms with E-state index in [1.165, 1.54) is 0 Å². The minimum atomic E-state index is 0.363. The largest absolute Gasteiger partial charge is 0.373 e. The van der Waals surface area contributed by atoms with Gasteiger partial charge in [-0.05, 0) is 6.42 Å². The zero-order chi connectivity index (χ0) is 12.4. The number of fused-ring (bicyclic) bond motifs is 1. The molecule has 2 atom stereocenters. The first-order valence-electron chi connectivity index (χ1n) is 6.34. The van der Waals surface area contributed by atoms with Crippen molar-refractivity contribution in [1.82, 2.24) is 15.1 Å². The van der Waals surface area contributed by atoms with Crippen LogP contribution in [-0.2, 0) is 4.74 Å². The number of anilines is 1. The lowest BCUT2D eigenvalue weighted by atomic mass is 10.1. The highest BCUT2D eigenvalue weighted by Gasteiger charge is 2.37. The van der Waals surface area contributed by atoms with Crippen LogP contribution in [0.5, 0.6) is 0 Å². The number of rotatable bonds is 4. The molecule has 18 heavy (non-hydrogen) atoms. The fraction of sp³-hybridized carbons (Fsp3) is 0.667. The maximum Gasteiger partial charge on any atom is 0.208 e. The molecule has 0 N–H and O–H groups in total. The lowest BCUT2D eigenvalue weighted by Crippen LogP contribution is -2.50.